The van der Waals surface area contributed by atoms with Crippen molar-refractivity contribution in [2.75, 3.05) is 13.2 Å². The monoisotopic (exact) mass is 268 g/mol. The second-order valence-electron chi connectivity index (χ2n) is 4.82. The van der Waals surface area contributed by atoms with Crippen LogP contribution >= 0.6 is 0 Å². The Kier molecular flexibility index (Phi) is 32.4. The zero-order valence-corrected chi connectivity index (χ0v) is 13.4. The van der Waals surface area contributed by atoms with Crippen LogP contribution in [0.2, 0.25) is 0 Å². The number of hydrogen-bond acceptors (Lipinski definition) is 4. The lowest BCUT2D eigenvalue weighted by Gasteiger charge is -2.04. The van der Waals surface area contributed by atoms with Crippen LogP contribution in [0.3, 0.4) is 0 Å². The first-order valence-electron chi connectivity index (χ1n) is 6.72. The van der Waals surface area contributed by atoms with Crippen molar-refractivity contribution < 1.29 is 20.4 Å². The van der Waals surface area contributed by atoms with E-state index in [-0.39, 0.29) is 12.7 Å². The molecular weight excluding hydrogens is 232 g/mol. The zero-order valence-electron chi connectivity index (χ0n) is 13.4. The van der Waals surface area contributed by atoms with Gasteiger partial charge in [0.25, 0.3) is 0 Å². The molecule has 4 nitrogen and oxygen atoms in total. The summed E-state index contributed by atoms with van der Waals surface area (Å²) in [5.41, 5.74) is -0.500. The molecule has 1 atom stereocenters. The van der Waals surface area contributed by atoms with Crippen molar-refractivity contribution in [3.05, 3.63) is 0 Å². The third kappa shape index (κ3) is 237. The molecule has 0 aliphatic heterocycles. The number of aliphatic hydroxyl groups excluding tert-OH is 3. The fourth-order valence-electron chi connectivity index (χ4n) is 0.158. The molecule has 0 spiro atoms. The molecule has 18 heavy (non-hydrogen) atoms. The highest BCUT2D eigenvalue weighted by Gasteiger charge is 1.97. The first-order chi connectivity index (χ1) is 8.10. The van der Waals surface area contributed by atoms with Crippen LogP contribution in [0.25, 0.3) is 0 Å². The van der Waals surface area contributed by atoms with Gasteiger partial charge < -0.3 is 20.4 Å². The van der Waals surface area contributed by atoms with E-state index in [1.54, 1.807) is 34.6 Å². The number of hydrogen-bond donors (Lipinski definition) is 4. The molecule has 4 N–H and O–H groups in total. The van der Waals surface area contributed by atoms with Gasteiger partial charge in [0, 0.05) is 13.2 Å². The van der Waals surface area contributed by atoms with Gasteiger partial charge in [-0.15, -0.1) is 0 Å². The summed E-state index contributed by atoms with van der Waals surface area (Å²) in [6, 6.07) is 0. The Balaban J connectivity index is -0.0000000739. The van der Waals surface area contributed by atoms with E-state index in [0.29, 0.717) is 6.61 Å². The van der Waals surface area contributed by atoms with E-state index in [9.17, 15) is 0 Å². The van der Waals surface area contributed by atoms with Gasteiger partial charge in [-0.25, -0.2) is 0 Å². The van der Waals surface area contributed by atoms with Crippen LogP contribution in [0.4, 0.5) is 0 Å². The smallest absolute Gasteiger partial charge is 0.0563 e. The summed E-state index contributed by atoms with van der Waals surface area (Å²) in [4.78, 5) is 0. The Morgan fingerprint density at radius 2 is 1.22 bits per heavy atom. The van der Waals surface area contributed by atoms with Crippen LogP contribution in [0.15, 0.2) is 0 Å². The van der Waals surface area contributed by atoms with Crippen molar-refractivity contribution in [3.8, 4) is 0 Å². The van der Waals surface area contributed by atoms with Crippen LogP contribution in [0.5, 0.6) is 0 Å². The van der Waals surface area contributed by atoms with Gasteiger partial charge in [0.1, 0.15) is 0 Å². The van der Waals surface area contributed by atoms with Crippen LogP contribution in [0, 0.1) is 0 Å². The summed E-state index contributed by atoms with van der Waals surface area (Å²) in [7, 11) is 0. The first-order valence-corrected chi connectivity index (χ1v) is 6.72. The van der Waals surface area contributed by atoms with E-state index in [1.807, 2.05) is 6.92 Å². The molecular formula is C14H36O4. The molecule has 0 bridgehead atoms. The van der Waals surface area contributed by atoms with Gasteiger partial charge in [-0.05, 0) is 47.5 Å². The number of rotatable bonds is 3. The van der Waals surface area contributed by atoms with Gasteiger partial charge in [0.15, 0.2) is 0 Å². The SMILES string of the molecule is CC(C)(C)O.CCC(C)O.CCCCO.CCO. The van der Waals surface area contributed by atoms with E-state index < -0.39 is 5.60 Å². The minimum atomic E-state index is -0.500. The molecule has 0 amide bonds. The summed E-state index contributed by atoms with van der Waals surface area (Å²) in [5.74, 6) is 0. The van der Waals surface area contributed by atoms with Crippen molar-refractivity contribution in [3.63, 3.8) is 0 Å². The lowest BCUT2D eigenvalue weighted by atomic mass is 10.2. The predicted molar refractivity (Wildman–Crippen MR) is 78.7 cm³/mol. The number of unbranched alkanes of at least 4 members (excludes halogenated alkanes) is 1. The van der Waals surface area contributed by atoms with E-state index >= 15 is 0 Å². The van der Waals surface area contributed by atoms with Crippen LogP contribution < -0.4 is 0 Å². The van der Waals surface area contributed by atoms with Crippen molar-refractivity contribution in [1.29, 1.82) is 0 Å². The molecule has 4 heteroatoms. The van der Waals surface area contributed by atoms with Crippen molar-refractivity contribution in [2.45, 2.75) is 79.4 Å². The van der Waals surface area contributed by atoms with Crippen molar-refractivity contribution in [1.82, 2.24) is 0 Å². The zero-order chi connectivity index (χ0) is 15.6. The molecule has 0 aromatic carbocycles. The number of aliphatic hydroxyl groups is 4. The lowest BCUT2D eigenvalue weighted by molar-refractivity contribution is 0.102. The molecule has 0 aliphatic rings. The maximum atomic E-state index is 8.52. The Morgan fingerprint density at radius 1 is 1.00 bits per heavy atom. The van der Waals surface area contributed by atoms with Crippen LogP contribution in [0.1, 0.15) is 67.7 Å². The summed E-state index contributed by atoms with van der Waals surface area (Å²) >= 11 is 0. The minimum absolute atomic E-state index is 0.116. The Bertz CT molecular complexity index is 101. The Labute approximate surface area is 114 Å². The van der Waals surface area contributed by atoms with Crippen molar-refractivity contribution in [2.24, 2.45) is 0 Å². The molecule has 0 aliphatic carbocycles. The predicted octanol–water partition coefficient (Wildman–Crippen LogP) is 2.33. The Hall–Kier alpha value is -0.160. The maximum absolute atomic E-state index is 8.52. The topological polar surface area (TPSA) is 80.9 Å². The molecule has 0 radical (unpaired) electrons. The average molecular weight is 268 g/mol. The quantitative estimate of drug-likeness (QED) is 0.633. The van der Waals surface area contributed by atoms with E-state index in [1.165, 1.54) is 0 Å². The van der Waals surface area contributed by atoms with Crippen LogP contribution in [-0.4, -0.2) is 45.3 Å². The molecule has 0 fully saturated rings. The second kappa shape index (κ2) is 22.1. The molecule has 0 saturated heterocycles. The maximum Gasteiger partial charge on any atom is 0.0563 e. The summed E-state index contributed by atoms with van der Waals surface area (Å²) in [6.45, 7) is 13.3. The Morgan fingerprint density at radius 3 is 1.22 bits per heavy atom. The molecule has 0 aromatic rings. The van der Waals surface area contributed by atoms with Gasteiger partial charge in [-0.3, -0.25) is 0 Å². The summed E-state index contributed by atoms with van der Waals surface area (Å²) < 4.78 is 0. The minimum Gasteiger partial charge on any atom is -0.397 e. The van der Waals surface area contributed by atoms with E-state index in [2.05, 4.69) is 6.92 Å². The molecule has 0 rings (SSSR count). The molecule has 116 valence electrons. The van der Waals surface area contributed by atoms with Gasteiger partial charge in [-0.1, -0.05) is 20.3 Å². The molecule has 0 aromatic heterocycles. The normalized spacial score (nSPS) is 10.8. The van der Waals surface area contributed by atoms with Crippen molar-refractivity contribution >= 4 is 0 Å². The fourth-order valence-corrected chi connectivity index (χ4v) is 0.158. The second-order valence-corrected chi connectivity index (χ2v) is 4.82. The molecule has 1 unspecified atom stereocenters. The molecule has 0 saturated carbocycles. The largest absolute Gasteiger partial charge is 0.397 e. The van der Waals surface area contributed by atoms with Gasteiger partial charge in [-0.2, -0.15) is 0 Å². The van der Waals surface area contributed by atoms with Gasteiger partial charge in [0.2, 0.25) is 0 Å². The average Bonchev–Trinajstić information content (AvgIpc) is 2.18. The summed E-state index contributed by atoms with van der Waals surface area (Å²) in [6.07, 6.45) is 2.78. The van der Waals surface area contributed by atoms with Crippen LogP contribution in [-0.2, 0) is 0 Å². The van der Waals surface area contributed by atoms with Gasteiger partial charge >= 0.3 is 0 Å². The van der Waals surface area contributed by atoms with Gasteiger partial charge in [0.05, 0.1) is 11.7 Å². The third-order valence-corrected chi connectivity index (χ3v) is 1.10. The third-order valence-electron chi connectivity index (χ3n) is 1.10. The highest BCUT2D eigenvalue weighted by Crippen LogP contribution is 1.93. The fraction of sp³-hybridized carbons (Fsp3) is 1.00. The standard InChI is InChI=1S/3C4H10O.C2H6O/c1-4(2,3)5;1-3-4(2)5;1-2-3-4-5;1-2-3/h5H,1-3H3;4-5H,3H2,1-2H3;5H,2-4H2,1H3;3H,2H2,1H3. The highest BCUT2D eigenvalue weighted by molar-refractivity contribution is 4.50. The first kappa shape index (κ1) is 26.4. The highest BCUT2D eigenvalue weighted by atomic mass is 16.3. The van der Waals surface area contributed by atoms with E-state index in [4.69, 9.17) is 20.4 Å². The molecule has 0 heterocycles. The lowest BCUT2D eigenvalue weighted by Crippen LogP contribution is -2.10. The van der Waals surface area contributed by atoms with E-state index in [0.717, 1.165) is 19.3 Å². The summed E-state index contributed by atoms with van der Waals surface area (Å²) in [5, 5.41) is 32.5.